The molecule has 2 N–H and O–H groups in total. The van der Waals surface area contributed by atoms with Crippen molar-refractivity contribution in [3.63, 3.8) is 0 Å². The van der Waals surface area contributed by atoms with Gasteiger partial charge in [0.05, 0.1) is 26.1 Å². The molecule has 0 radical (unpaired) electrons. The lowest BCUT2D eigenvalue weighted by atomic mass is 9.95. The predicted octanol–water partition coefficient (Wildman–Crippen LogP) is 1.38. The number of piperidine rings is 1. The number of rotatable bonds is 6. The Morgan fingerprint density at radius 2 is 2.30 bits per heavy atom. The average molecular weight is 439 g/mol. The normalized spacial score (nSPS) is 25.0. The molecule has 0 amide bonds. The van der Waals surface area contributed by atoms with Crippen LogP contribution in [-0.4, -0.2) is 74.0 Å². The van der Waals surface area contributed by atoms with Crippen molar-refractivity contribution in [1.82, 2.24) is 34.1 Å². The Labute approximate surface area is 180 Å². The highest BCUT2D eigenvalue weighted by Crippen LogP contribution is 2.29. The molecule has 12 heteroatoms. The highest BCUT2D eigenvalue weighted by molar-refractivity contribution is 7.88. The molecule has 0 aromatic carbocycles. The van der Waals surface area contributed by atoms with Crippen molar-refractivity contribution in [2.24, 2.45) is 5.92 Å². The molecule has 1 aliphatic rings. The third-order valence-corrected chi connectivity index (χ3v) is 6.28. The average Bonchev–Trinajstić information content (AvgIpc) is 3.37. The number of nitrogens with zero attached hydrogens (tertiary/aromatic N) is 6. The largest absolute Gasteiger partial charge is 0.473 e. The van der Waals surface area contributed by atoms with E-state index in [4.69, 9.17) is 10.2 Å². The summed E-state index contributed by atoms with van der Waals surface area (Å²) in [6.45, 7) is 1.10. The minimum Gasteiger partial charge on any atom is -0.473 e. The molecule has 1 saturated heterocycles. The molecular weight excluding hydrogens is 408 g/mol. The van der Waals surface area contributed by atoms with Crippen LogP contribution in [0.1, 0.15) is 32.6 Å². The maximum absolute atomic E-state index is 11.9. The number of ether oxygens (including phenoxy) is 1. The first-order valence-corrected chi connectivity index (χ1v) is 11.3. The Kier molecular flexibility index (Phi) is 4.19. The van der Waals surface area contributed by atoms with E-state index in [9.17, 15) is 8.42 Å². The third kappa shape index (κ3) is 4.10. The van der Waals surface area contributed by atoms with Crippen LogP contribution in [-0.2, 0) is 10.0 Å². The second-order valence-corrected chi connectivity index (χ2v) is 9.38. The Bertz CT molecular complexity index is 1280. The zero-order valence-electron chi connectivity index (χ0n) is 20.8. The summed E-state index contributed by atoms with van der Waals surface area (Å²) in [6, 6.07) is -0.0788. The molecule has 3 atom stereocenters. The van der Waals surface area contributed by atoms with Crippen LogP contribution in [0.25, 0.3) is 16.9 Å². The quantitative estimate of drug-likeness (QED) is 0.590. The molecule has 11 nitrogen and oxygen atoms in total. The highest BCUT2D eigenvalue weighted by atomic mass is 32.2. The van der Waals surface area contributed by atoms with Gasteiger partial charge in [0.1, 0.15) is 5.69 Å². The van der Waals surface area contributed by atoms with Crippen LogP contribution in [0.4, 0.5) is 5.95 Å². The van der Waals surface area contributed by atoms with Crippen LogP contribution >= 0.6 is 0 Å². The number of hydrogen-bond donors (Lipinski definition) is 2. The maximum atomic E-state index is 11.9. The van der Waals surface area contributed by atoms with E-state index in [-0.39, 0.29) is 35.1 Å². The van der Waals surface area contributed by atoms with Gasteiger partial charge in [-0.3, -0.25) is 5.10 Å². The minimum atomic E-state index is -3.26. The van der Waals surface area contributed by atoms with E-state index < -0.39 is 23.0 Å². The molecule has 4 heterocycles. The zero-order valence-corrected chi connectivity index (χ0v) is 17.6. The summed E-state index contributed by atoms with van der Waals surface area (Å²) >= 11 is 0. The lowest BCUT2D eigenvalue weighted by Crippen LogP contribution is -2.47. The molecule has 0 bridgehead atoms. The van der Waals surface area contributed by atoms with E-state index in [0.717, 1.165) is 6.92 Å². The van der Waals surface area contributed by atoms with Gasteiger partial charge in [0, 0.05) is 35.0 Å². The molecule has 0 spiro atoms. The molecule has 4 rings (SSSR count). The van der Waals surface area contributed by atoms with Crippen LogP contribution in [0.2, 0.25) is 0 Å². The van der Waals surface area contributed by atoms with Crippen molar-refractivity contribution in [3.05, 3.63) is 18.6 Å². The lowest BCUT2D eigenvalue weighted by Gasteiger charge is -2.35. The standard InChI is InChI=1S/C18H26N8O3S/c1-11(2)29-17-16(13-7-20-21-8-13)19-9-15-23-18(24-26(15)17)22-14-5-6-25(10-12(14)3)30(4,27)28/h7-9,11-12,14H,5-6,10H2,1-4H3,(H,20,21)(H,22,24)/t12-,14+/m1/s1/i1D3,11D/t11?,12-,14+. The van der Waals surface area contributed by atoms with Crippen LogP contribution in [0.5, 0.6) is 5.88 Å². The van der Waals surface area contributed by atoms with Crippen molar-refractivity contribution in [1.29, 1.82) is 0 Å². The number of H-pyrrole nitrogens is 1. The molecule has 0 aliphatic carbocycles. The lowest BCUT2D eigenvalue weighted by molar-refractivity contribution is 0.227. The highest BCUT2D eigenvalue weighted by Gasteiger charge is 2.31. The smallest absolute Gasteiger partial charge is 0.244 e. The molecule has 30 heavy (non-hydrogen) atoms. The Hall–Kier alpha value is -2.73. The van der Waals surface area contributed by atoms with E-state index in [1.807, 2.05) is 6.92 Å². The van der Waals surface area contributed by atoms with Crippen LogP contribution in [0.3, 0.4) is 0 Å². The van der Waals surface area contributed by atoms with Gasteiger partial charge in [0.25, 0.3) is 0 Å². The second kappa shape index (κ2) is 7.84. The van der Waals surface area contributed by atoms with Crippen LogP contribution in [0, 0.1) is 5.92 Å². The Morgan fingerprint density at radius 1 is 1.47 bits per heavy atom. The van der Waals surface area contributed by atoms with Gasteiger partial charge in [-0.1, -0.05) is 6.92 Å². The number of aromatic amines is 1. The van der Waals surface area contributed by atoms with E-state index >= 15 is 0 Å². The summed E-state index contributed by atoms with van der Waals surface area (Å²) in [5.41, 5.74) is 1.05. The molecule has 3 aromatic heterocycles. The zero-order chi connectivity index (χ0) is 24.9. The Morgan fingerprint density at radius 3 is 2.97 bits per heavy atom. The summed E-state index contributed by atoms with van der Waals surface area (Å²) in [6.07, 6.45) is 3.99. The van der Waals surface area contributed by atoms with Gasteiger partial charge in [-0.25, -0.2) is 17.7 Å². The van der Waals surface area contributed by atoms with Crippen molar-refractivity contribution in [3.8, 4) is 17.1 Å². The van der Waals surface area contributed by atoms with Gasteiger partial charge >= 0.3 is 0 Å². The molecular formula is C18H26N8O3S. The topological polar surface area (TPSA) is 130 Å². The van der Waals surface area contributed by atoms with Gasteiger partial charge in [-0.15, -0.1) is 5.10 Å². The van der Waals surface area contributed by atoms with Crippen molar-refractivity contribution in [2.45, 2.75) is 39.2 Å². The first-order chi connectivity index (χ1) is 15.8. The fourth-order valence-electron chi connectivity index (χ4n) is 3.50. The number of sulfonamides is 1. The maximum Gasteiger partial charge on any atom is 0.244 e. The third-order valence-electron chi connectivity index (χ3n) is 5.01. The first kappa shape index (κ1) is 16.0. The first-order valence-electron chi connectivity index (χ1n) is 11.4. The number of anilines is 1. The fourth-order valence-corrected chi connectivity index (χ4v) is 4.44. The predicted molar refractivity (Wildman–Crippen MR) is 112 cm³/mol. The van der Waals surface area contributed by atoms with Gasteiger partial charge in [-0.05, 0) is 26.1 Å². The van der Waals surface area contributed by atoms with E-state index in [2.05, 4.69) is 30.6 Å². The van der Waals surface area contributed by atoms with Gasteiger partial charge in [0.15, 0.2) is 5.65 Å². The molecule has 162 valence electrons. The summed E-state index contributed by atoms with van der Waals surface area (Å²) in [5.74, 6) is 0.187. The van der Waals surface area contributed by atoms with E-state index in [0.29, 0.717) is 25.1 Å². The summed E-state index contributed by atoms with van der Waals surface area (Å²) in [5, 5.41) is 14.3. The van der Waals surface area contributed by atoms with Gasteiger partial charge in [0.2, 0.25) is 21.9 Å². The van der Waals surface area contributed by atoms with Crippen LogP contribution in [0.15, 0.2) is 18.6 Å². The number of nitrogens with one attached hydrogen (secondary N) is 2. The van der Waals surface area contributed by atoms with Crippen LogP contribution < -0.4 is 10.1 Å². The summed E-state index contributed by atoms with van der Waals surface area (Å²) in [4.78, 5) is 8.78. The van der Waals surface area contributed by atoms with E-state index in [1.165, 1.54) is 27.5 Å². The molecule has 1 unspecified atom stereocenters. The van der Waals surface area contributed by atoms with Gasteiger partial charge in [-0.2, -0.15) is 14.6 Å². The second-order valence-electron chi connectivity index (χ2n) is 7.40. The molecule has 1 fully saturated rings. The fraction of sp³-hybridized carbons (Fsp3) is 0.556. The number of hydrogen-bond acceptors (Lipinski definition) is 8. The molecule has 0 saturated carbocycles. The number of aromatic nitrogens is 6. The monoisotopic (exact) mass is 438 g/mol. The Balaban J connectivity index is 1.68. The van der Waals surface area contributed by atoms with Gasteiger partial charge < -0.3 is 10.1 Å². The summed E-state index contributed by atoms with van der Waals surface area (Å²) in [7, 11) is -3.26. The SMILES string of the molecule is [2H]C([2H])([2H])C([2H])(C)Oc1c(-c2cn[nH]c2)ncc2nc(N[C@H]3CCN(S(C)(=O)=O)C[C@H]3C)nn12. The van der Waals surface area contributed by atoms with Crippen molar-refractivity contribution in [2.75, 3.05) is 24.7 Å². The van der Waals surface area contributed by atoms with Crippen molar-refractivity contribution < 1.29 is 18.6 Å². The number of fused-ring (bicyclic) bond motifs is 1. The minimum absolute atomic E-state index is 0.00230. The van der Waals surface area contributed by atoms with E-state index in [1.54, 1.807) is 6.20 Å². The molecule has 3 aromatic rings. The molecule has 1 aliphatic heterocycles. The van der Waals surface area contributed by atoms with Crippen molar-refractivity contribution >= 4 is 21.6 Å². The summed E-state index contributed by atoms with van der Waals surface area (Å²) < 4.78 is 63.4.